The molecule has 0 aromatic carbocycles. The molecule has 0 bridgehead atoms. The Balaban J connectivity index is 2.39. The first kappa shape index (κ1) is 9.26. The highest BCUT2D eigenvalue weighted by Crippen LogP contribution is 2.31. The summed E-state index contributed by atoms with van der Waals surface area (Å²) in [5.74, 6) is 0.275. The van der Waals surface area contributed by atoms with Gasteiger partial charge in [0.2, 0.25) is 5.88 Å². The van der Waals surface area contributed by atoms with Gasteiger partial charge >= 0.3 is 6.18 Å². The normalized spacial score (nSPS) is 15.9. The molecule has 0 spiro atoms. The van der Waals surface area contributed by atoms with Gasteiger partial charge in [-0.3, -0.25) is 5.32 Å². The highest BCUT2D eigenvalue weighted by Gasteiger charge is 2.32. The van der Waals surface area contributed by atoms with E-state index in [2.05, 4.69) is 10.3 Å². The van der Waals surface area contributed by atoms with E-state index in [9.17, 15) is 13.2 Å². The Kier molecular flexibility index (Phi) is 2.07. The highest BCUT2D eigenvalue weighted by atomic mass is 19.4. The van der Waals surface area contributed by atoms with Crippen LogP contribution in [-0.4, -0.2) is 11.7 Å². The van der Waals surface area contributed by atoms with Crippen LogP contribution in [0.2, 0.25) is 0 Å². The van der Waals surface area contributed by atoms with Gasteiger partial charge in [0.05, 0.1) is 5.56 Å². The molecule has 1 aromatic rings. The lowest BCUT2D eigenvalue weighted by Crippen LogP contribution is -2.26. The number of halogens is 3. The molecule has 0 amide bonds. The van der Waals surface area contributed by atoms with E-state index in [1.165, 1.54) is 0 Å². The molecule has 0 unspecified atom stereocenters. The lowest BCUT2D eigenvalue weighted by Gasteiger charge is -2.18. The molecule has 1 aliphatic heterocycles. The Bertz CT molecular complexity index is 351. The van der Waals surface area contributed by atoms with Crippen molar-refractivity contribution in [1.29, 1.82) is 0 Å². The molecule has 0 saturated carbocycles. The lowest BCUT2D eigenvalue weighted by molar-refractivity contribution is -0.137. The maximum absolute atomic E-state index is 12.3. The van der Waals surface area contributed by atoms with Gasteiger partial charge in [-0.25, -0.2) is 4.98 Å². The first-order valence-electron chi connectivity index (χ1n) is 3.97. The molecule has 3 nitrogen and oxygen atoms in total. The van der Waals surface area contributed by atoms with Crippen LogP contribution in [-0.2, 0) is 12.7 Å². The van der Waals surface area contributed by atoms with Crippen LogP contribution in [0.25, 0.3) is 0 Å². The molecular weight excluding hydrogens is 197 g/mol. The van der Waals surface area contributed by atoms with Gasteiger partial charge in [-0.2, -0.15) is 13.2 Å². The van der Waals surface area contributed by atoms with Gasteiger partial charge in [-0.1, -0.05) is 0 Å². The summed E-state index contributed by atoms with van der Waals surface area (Å²) in [5.41, 5.74) is -0.311. The maximum atomic E-state index is 12.3. The summed E-state index contributed by atoms with van der Waals surface area (Å²) in [6.45, 7) is 0.637. The third kappa shape index (κ3) is 1.65. The summed E-state index contributed by atoms with van der Waals surface area (Å²) in [6, 6.07) is 1.05. The third-order valence-electron chi connectivity index (χ3n) is 1.88. The van der Waals surface area contributed by atoms with E-state index in [0.717, 1.165) is 12.3 Å². The van der Waals surface area contributed by atoms with Crippen molar-refractivity contribution >= 4 is 0 Å². The molecule has 14 heavy (non-hydrogen) atoms. The Labute approximate surface area is 77.9 Å². The SMILES string of the molecule is FC(F)(F)c1cnc2c(c1)CNCO2. The topological polar surface area (TPSA) is 34.2 Å². The summed E-state index contributed by atoms with van der Waals surface area (Å²) in [6.07, 6.45) is -3.57. The van der Waals surface area contributed by atoms with E-state index < -0.39 is 11.7 Å². The van der Waals surface area contributed by atoms with Crippen LogP contribution >= 0.6 is 0 Å². The van der Waals surface area contributed by atoms with Crippen LogP contribution < -0.4 is 10.1 Å². The number of hydrogen-bond donors (Lipinski definition) is 1. The second-order valence-corrected chi connectivity index (χ2v) is 2.90. The van der Waals surface area contributed by atoms with E-state index in [1.54, 1.807) is 0 Å². The van der Waals surface area contributed by atoms with Crippen LogP contribution in [0, 0.1) is 0 Å². The molecule has 76 valence electrons. The largest absolute Gasteiger partial charge is 0.461 e. The van der Waals surface area contributed by atoms with Crippen LogP contribution in [0.15, 0.2) is 12.3 Å². The van der Waals surface area contributed by atoms with Crippen molar-refractivity contribution in [3.8, 4) is 5.88 Å². The van der Waals surface area contributed by atoms with Crippen molar-refractivity contribution in [2.75, 3.05) is 6.73 Å². The van der Waals surface area contributed by atoms with E-state index in [0.29, 0.717) is 12.1 Å². The minimum absolute atomic E-state index is 0.275. The first-order valence-corrected chi connectivity index (χ1v) is 3.97. The van der Waals surface area contributed by atoms with Gasteiger partial charge in [-0.15, -0.1) is 0 Å². The fourth-order valence-electron chi connectivity index (χ4n) is 1.21. The number of rotatable bonds is 0. The number of ether oxygens (including phenoxy) is 1. The lowest BCUT2D eigenvalue weighted by atomic mass is 10.2. The van der Waals surface area contributed by atoms with Gasteiger partial charge in [0.25, 0.3) is 0 Å². The highest BCUT2D eigenvalue weighted by molar-refractivity contribution is 5.32. The zero-order chi connectivity index (χ0) is 10.2. The number of nitrogens with one attached hydrogen (secondary N) is 1. The zero-order valence-electron chi connectivity index (χ0n) is 7.06. The monoisotopic (exact) mass is 204 g/mol. The standard InChI is InChI=1S/C8H7F3N2O/c9-8(10,11)6-1-5-2-12-4-14-7(5)13-3-6/h1,3,12H,2,4H2. The van der Waals surface area contributed by atoms with E-state index in [4.69, 9.17) is 4.74 Å². The number of alkyl halides is 3. The third-order valence-corrected chi connectivity index (χ3v) is 1.88. The average molecular weight is 204 g/mol. The second-order valence-electron chi connectivity index (χ2n) is 2.90. The van der Waals surface area contributed by atoms with Crippen LogP contribution in [0.3, 0.4) is 0 Å². The van der Waals surface area contributed by atoms with Crippen molar-refractivity contribution in [2.24, 2.45) is 0 Å². The Morgan fingerprint density at radius 2 is 2.21 bits per heavy atom. The van der Waals surface area contributed by atoms with Crippen LogP contribution in [0.5, 0.6) is 5.88 Å². The fourth-order valence-corrected chi connectivity index (χ4v) is 1.21. The van der Waals surface area contributed by atoms with Crippen molar-refractivity contribution in [1.82, 2.24) is 10.3 Å². The molecule has 1 aromatic heterocycles. The number of fused-ring (bicyclic) bond motifs is 1. The summed E-state index contributed by atoms with van der Waals surface area (Å²) in [7, 11) is 0. The summed E-state index contributed by atoms with van der Waals surface area (Å²) >= 11 is 0. The smallest absolute Gasteiger partial charge is 0.417 e. The molecule has 0 saturated heterocycles. The molecule has 0 atom stereocenters. The van der Waals surface area contributed by atoms with E-state index in [1.807, 2.05) is 0 Å². The molecule has 1 aliphatic rings. The zero-order valence-corrected chi connectivity index (χ0v) is 7.06. The second kappa shape index (κ2) is 3.13. The molecule has 0 fully saturated rings. The average Bonchev–Trinajstić information content (AvgIpc) is 2.16. The molecule has 2 heterocycles. The number of hydrogen-bond acceptors (Lipinski definition) is 3. The van der Waals surface area contributed by atoms with E-state index >= 15 is 0 Å². The maximum Gasteiger partial charge on any atom is 0.417 e. The minimum atomic E-state index is -4.35. The number of pyridine rings is 1. The van der Waals surface area contributed by atoms with Gasteiger partial charge in [0, 0.05) is 18.3 Å². The van der Waals surface area contributed by atoms with Gasteiger partial charge in [0.1, 0.15) is 6.73 Å². The molecule has 6 heteroatoms. The predicted molar refractivity (Wildman–Crippen MR) is 41.6 cm³/mol. The van der Waals surface area contributed by atoms with Gasteiger partial charge < -0.3 is 4.74 Å². The molecule has 0 aliphatic carbocycles. The first-order chi connectivity index (χ1) is 6.57. The van der Waals surface area contributed by atoms with Crippen molar-refractivity contribution < 1.29 is 17.9 Å². The van der Waals surface area contributed by atoms with E-state index in [-0.39, 0.29) is 12.6 Å². The molecule has 1 N–H and O–H groups in total. The van der Waals surface area contributed by atoms with Crippen LogP contribution in [0.1, 0.15) is 11.1 Å². The minimum Gasteiger partial charge on any atom is -0.461 e. The number of aromatic nitrogens is 1. The number of nitrogens with zero attached hydrogens (tertiary/aromatic N) is 1. The van der Waals surface area contributed by atoms with Crippen molar-refractivity contribution in [3.63, 3.8) is 0 Å². The summed E-state index contributed by atoms with van der Waals surface area (Å²) in [4.78, 5) is 3.60. The fraction of sp³-hybridized carbons (Fsp3) is 0.375. The summed E-state index contributed by atoms with van der Waals surface area (Å²) < 4.78 is 41.8. The van der Waals surface area contributed by atoms with Crippen molar-refractivity contribution in [3.05, 3.63) is 23.4 Å². The predicted octanol–water partition coefficient (Wildman–Crippen LogP) is 1.54. The van der Waals surface area contributed by atoms with Gasteiger partial charge in [-0.05, 0) is 6.07 Å². The quantitative estimate of drug-likeness (QED) is 0.696. The van der Waals surface area contributed by atoms with Crippen LogP contribution in [0.4, 0.5) is 13.2 Å². The Morgan fingerprint density at radius 3 is 2.93 bits per heavy atom. The Hall–Kier alpha value is -1.30. The van der Waals surface area contributed by atoms with Crippen molar-refractivity contribution in [2.45, 2.75) is 12.7 Å². The summed E-state index contributed by atoms with van der Waals surface area (Å²) in [5, 5.41) is 2.79. The Morgan fingerprint density at radius 1 is 1.43 bits per heavy atom. The van der Waals surface area contributed by atoms with Gasteiger partial charge in [0.15, 0.2) is 0 Å². The molecule has 2 rings (SSSR count). The molecule has 0 radical (unpaired) electrons. The molecular formula is C8H7F3N2O.